The van der Waals surface area contributed by atoms with Gasteiger partial charge in [0.15, 0.2) is 0 Å². The van der Waals surface area contributed by atoms with Crippen LogP contribution in [0, 0.1) is 19.8 Å². The van der Waals surface area contributed by atoms with E-state index in [1.165, 1.54) is 29.5 Å². The third-order valence-electron chi connectivity index (χ3n) is 3.91. The lowest BCUT2D eigenvalue weighted by Gasteiger charge is -2.16. The topological polar surface area (TPSA) is 55.1 Å². The summed E-state index contributed by atoms with van der Waals surface area (Å²) in [5.74, 6) is 0.748. The number of aryl methyl sites for hydroxylation is 3. The molecular formula is C16H24N2O. The number of amides is 1. The van der Waals surface area contributed by atoms with Crippen molar-refractivity contribution in [1.82, 2.24) is 5.32 Å². The largest absolute Gasteiger partial charge is 0.352 e. The van der Waals surface area contributed by atoms with Crippen molar-refractivity contribution in [2.24, 2.45) is 11.7 Å². The number of carbonyl (C=O) groups excluding carboxylic acids is 1. The maximum atomic E-state index is 11.9. The number of nitrogens with two attached hydrogens (primary N) is 1. The van der Waals surface area contributed by atoms with Crippen molar-refractivity contribution < 1.29 is 4.79 Å². The van der Waals surface area contributed by atoms with Crippen LogP contribution in [0.5, 0.6) is 0 Å². The molecule has 19 heavy (non-hydrogen) atoms. The predicted molar refractivity (Wildman–Crippen MR) is 77.9 cm³/mol. The number of hydrogen-bond donors (Lipinski definition) is 2. The fourth-order valence-corrected chi connectivity index (χ4v) is 2.52. The smallest absolute Gasteiger partial charge is 0.220 e. The Morgan fingerprint density at radius 3 is 2.74 bits per heavy atom. The molecule has 1 amide bonds. The number of carbonyl (C=O) groups is 1. The zero-order valence-corrected chi connectivity index (χ0v) is 11.9. The third kappa shape index (κ3) is 4.06. The van der Waals surface area contributed by atoms with Crippen LogP contribution in [-0.4, -0.2) is 18.5 Å². The number of hydrogen-bond acceptors (Lipinski definition) is 2. The molecule has 1 aromatic rings. The molecule has 0 spiro atoms. The lowest BCUT2D eigenvalue weighted by atomic mass is 10.0. The first-order valence-electron chi connectivity index (χ1n) is 7.15. The molecule has 0 heterocycles. The van der Waals surface area contributed by atoms with E-state index in [-0.39, 0.29) is 11.9 Å². The van der Waals surface area contributed by atoms with Crippen LogP contribution in [0.3, 0.4) is 0 Å². The summed E-state index contributed by atoms with van der Waals surface area (Å²) < 4.78 is 0. The summed E-state index contributed by atoms with van der Waals surface area (Å²) in [5, 5.41) is 3.07. The molecule has 0 radical (unpaired) electrons. The summed E-state index contributed by atoms with van der Waals surface area (Å²) in [7, 11) is 0. The standard InChI is InChI=1S/C16H24N2O/c1-11-3-4-13(12(2)9-11)7-8-16(19)18-15(10-17)14-5-6-14/h3-4,9,14-15H,5-8,10,17H2,1-2H3,(H,18,19). The van der Waals surface area contributed by atoms with E-state index in [1.54, 1.807) is 0 Å². The van der Waals surface area contributed by atoms with E-state index in [1.807, 2.05) is 0 Å². The van der Waals surface area contributed by atoms with Gasteiger partial charge in [-0.1, -0.05) is 23.8 Å². The second-order valence-corrected chi connectivity index (χ2v) is 5.68. The van der Waals surface area contributed by atoms with Gasteiger partial charge in [-0.3, -0.25) is 4.79 Å². The lowest BCUT2D eigenvalue weighted by molar-refractivity contribution is -0.121. The molecule has 0 aliphatic heterocycles. The van der Waals surface area contributed by atoms with Crippen LogP contribution in [0.25, 0.3) is 0 Å². The normalized spacial score (nSPS) is 16.2. The van der Waals surface area contributed by atoms with Crippen LogP contribution in [0.4, 0.5) is 0 Å². The van der Waals surface area contributed by atoms with Crippen molar-refractivity contribution in [3.63, 3.8) is 0 Å². The molecule has 1 unspecified atom stereocenters. The number of nitrogens with one attached hydrogen (secondary N) is 1. The van der Waals surface area contributed by atoms with Gasteiger partial charge in [0.2, 0.25) is 5.91 Å². The lowest BCUT2D eigenvalue weighted by Crippen LogP contribution is -2.41. The minimum Gasteiger partial charge on any atom is -0.352 e. The molecule has 3 nitrogen and oxygen atoms in total. The molecule has 3 N–H and O–H groups in total. The molecule has 0 aromatic heterocycles. The Labute approximate surface area is 115 Å². The van der Waals surface area contributed by atoms with E-state index >= 15 is 0 Å². The summed E-state index contributed by atoms with van der Waals surface area (Å²) in [6.07, 6.45) is 3.77. The zero-order valence-electron chi connectivity index (χ0n) is 11.9. The quantitative estimate of drug-likeness (QED) is 0.823. The summed E-state index contributed by atoms with van der Waals surface area (Å²) in [5.41, 5.74) is 9.49. The highest BCUT2D eigenvalue weighted by atomic mass is 16.1. The Kier molecular flexibility index (Phi) is 4.59. The van der Waals surface area contributed by atoms with Gasteiger partial charge in [-0.05, 0) is 50.2 Å². The van der Waals surface area contributed by atoms with Crippen molar-refractivity contribution in [2.45, 2.75) is 45.6 Å². The molecule has 1 aliphatic rings. The molecule has 104 valence electrons. The van der Waals surface area contributed by atoms with Crippen molar-refractivity contribution in [2.75, 3.05) is 6.54 Å². The van der Waals surface area contributed by atoms with Crippen LogP contribution >= 0.6 is 0 Å². The van der Waals surface area contributed by atoms with Gasteiger partial charge in [0, 0.05) is 19.0 Å². The Balaban J connectivity index is 1.82. The molecule has 1 fully saturated rings. The van der Waals surface area contributed by atoms with E-state index in [0.717, 1.165) is 6.42 Å². The first-order chi connectivity index (χ1) is 9.10. The summed E-state index contributed by atoms with van der Waals surface area (Å²) >= 11 is 0. The molecule has 1 saturated carbocycles. The molecule has 0 saturated heterocycles. The zero-order chi connectivity index (χ0) is 13.8. The SMILES string of the molecule is Cc1ccc(CCC(=O)NC(CN)C2CC2)c(C)c1. The van der Waals surface area contributed by atoms with Gasteiger partial charge >= 0.3 is 0 Å². The van der Waals surface area contributed by atoms with Gasteiger partial charge < -0.3 is 11.1 Å². The van der Waals surface area contributed by atoms with Gasteiger partial charge in [-0.2, -0.15) is 0 Å². The number of rotatable bonds is 6. The Hall–Kier alpha value is -1.35. The molecule has 1 aromatic carbocycles. The van der Waals surface area contributed by atoms with Crippen molar-refractivity contribution in [1.29, 1.82) is 0 Å². The van der Waals surface area contributed by atoms with Crippen LogP contribution < -0.4 is 11.1 Å². The Morgan fingerprint density at radius 1 is 1.42 bits per heavy atom. The second kappa shape index (κ2) is 6.20. The number of benzene rings is 1. The van der Waals surface area contributed by atoms with Crippen LogP contribution in [0.2, 0.25) is 0 Å². The maximum absolute atomic E-state index is 11.9. The van der Waals surface area contributed by atoms with Crippen LogP contribution in [-0.2, 0) is 11.2 Å². The highest BCUT2D eigenvalue weighted by molar-refractivity contribution is 5.76. The monoisotopic (exact) mass is 260 g/mol. The fraction of sp³-hybridized carbons (Fsp3) is 0.562. The minimum absolute atomic E-state index is 0.127. The van der Waals surface area contributed by atoms with E-state index in [4.69, 9.17) is 5.73 Å². The first-order valence-corrected chi connectivity index (χ1v) is 7.15. The summed E-state index contributed by atoms with van der Waals surface area (Å²) in [6.45, 7) is 4.75. The fourth-order valence-electron chi connectivity index (χ4n) is 2.52. The molecule has 1 aliphatic carbocycles. The average Bonchev–Trinajstić information content (AvgIpc) is 3.19. The minimum atomic E-state index is 0.127. The van der Waals surface area contributed by atoms with Gasteiger partial charge in [0.1, 0.15) is 0 Å². The first kappa shape index (κ1) is 14.1. The highest BCUT2D eigenvalue weighted by Gasteiger charge is 2.30. The molecule has 3 heteroatoms. The molecule has 2 rings (SSSR count). The summed E-state index contributed by atoms with van der Waals surface area (Å²) in [6, 6.07) is 6.58. The van der Waals surface area contributed by atoms with Crippen molar-refractivity contribution in [3.8, 4) is 0 Å². The van der Waals surface area contributed by atoms with Gasteiger partial charge in [-0.15, -0.1) is 0 Å². The second-order valence-electron chi connectivity index (χ2n) is 5.68. The predicted octanol–water partition coefficient (Wildman–Crippen LogP) is 2.09. The summed E-state index contributed by atoms with van der Waals surface area (Å²) in [4.78, 5) is 11.9. The highest BCUT2D eigenvalue weighted by Crippen LogP contribution is 2.32. The van der Waals surface area contributed by atoms with Crippen molar-refractivity contribution in [3.05, 3.63) is 34.9 Å². The van der Waals surface area contributed by atoms with E-state index in [0.29, 0.717) is 18.9 Å². The molecule has 0 bridgehead atoms. The van der Waals surface area contributed by atoms with E-state index in [9.17, 15) is 4.79 Å². The van der Waals surface area contributed by atoms with Gasteiger partial charge in [-0.25, -0.2) is 0 Å². The average molecular weight is 260 g/mol. The van der Waals surface area contributed by atoms with E-state index < -0.39 is 0 Å². The van der Waals surface area contributed by atoms with Crippen LogP contribution in [0.1, 0.15) is 36.0 Å². The molecule has 1 atom stereocenters. The third-order valence-corrected chi connectivity index (χ3v) is 3.91. The van der Waals surface area contributed by atoms with Crippen LogP contribution in [0.15, 0.2) is 18.2 Å². The van der Waals surface area contributed by atoms with Gasteiger partial charge in [0.25, 0.3) is 0 Å². The Bertz CT molecular complexity index is 452. The van der Waals surface area contributed by atoms with Crippen molar-refractivity contribution >= 4 is 5.91 Å². The van der Waals surface area contributed by atoms with Gasteiger partial charge in [0.05, 0.1) is 0 Å². The van der Waals surface area contributed by atoms with E-state index in [2.05, 4.69) is 37.4 Å². The molecular weight excluding hydrogens is 236 g/mol. The maximum Gasteiger partial charge on any atom is 0.220 e. The Morgan fingerprint density at radius 2 is 2.16 bits per heavy atom.